The standard InChI is InChI=1S/C14H23NO2/c1-13(2,3)8-7-9(14(4,5)6)11(16)12(17)10(8)15/h7,16-17H,15H2,1-6H3. The van der Waals surface area contributed by atoms with Gasteiger partial charge in [0.05, 0.1) is 5.69 Å². The molecule has 3 heteroatoms. The SMILES string of the molecule is CC(C)(C)c1cc(C(C)(C)C)c(O)c(O)c1N. The molecule has 0 aliphatic carbocycles. The molecule has 17 heavy (non-hydrogen) atoms. The number of phenols is 2. The van der Waals surface area contributed by atoms with Gasteiger partial charge in [0.1, 0.15) is 0 Å². The van der Waals surface area contributed by atoms with Gasteiger partial charge in [-0.3, -0.25) is 0 Å². The van der Waals surface area contributed by atoms with Gasteiger partial charge in [-0.05, 0) is 22.5 Å². The second-order valence-electron chi connectivity index (χ2n) is 6.58. The molecule has 3 nitrogen and oxygen atoms in total. The molecular formula is C14H23NO2. The van der Waals surface area contributed by atoms with Crippen LogP contribution in [0.2, 0.25) is 0 Å². The molecule has 0 fully saturated rings. The van der Waals surface area contributed by atoms with Crippen LogP contribution < -0.4 is 5.73 Å². The second-order valence-corrected chi connectivity index (χ2v) is 6.58. The van der Waals surface area contributed by atoms with Crippen LogP contribution in [0, 0.1) is 0 Å². The van der Waals surface area contributed by atoms with Crippen LogP contribution in [0.25, 0.3) is 0 Å². The van der Waals surface area contributed by atoms with E-state index in [4.69, 9.17) is 5.73 Å². The summed E-state index contributed by atoms with van der Waals surface area (Å²) in [6, 6.07) is 1.89. The zero-order valence-corrected chi connectivity index (χ0v) is 11.5. The molecule has 1 aromatic rings. The van der Waals surface area contributed by atoms with E-state index in [0.29, 0.717) is 5.56 Å². The molecule has 0 heterocycles. The maximum Gasteiger partial charge on any atom is 0.181 e. The van der Waals surface area contributed by atoms with E-state index in [1.165, 1.54) is 0 Å². The molecule has 0 aromatic heterocycles. The zero-order chi connectivity index (χ0) is 13.6. The minimum absolute atomic E-state index is 0.108. The number of nitrogen functional groups attached to an aromatic ring is 1. The molecule has 1 rings (SSSR count). The number of phenolic OH excluding ortho intramolecular Hbond substituents is 2. The maximum atomic E-state index is 9.97. The third-order valence-corrected chi connectivity index (χ3v) is 2.93. The molecule has 0 aliphatic rings. The van der Waals surface area contributed by atoms with Crippen LogP contribution in [0.15, 0.2) is 6.07 Å². The lowest BCUT2D eigenvalue weighted by atomic mass is 9.79. The van der Waals surface area contributed by atoms with Crippen LogP contribution in [-0.4, -0.2) is 10.2 Å². The Morgan fingerprint density at radius 1 is 0.824 bits per heavy atom. The average molecular weight is 237 g/mol. The fraction of sp³-hybridized carbons (Fsp3) is 0.571. The van der Waals surface area contributed by atoms with Gasteiger partial charge in [-0.2, -0.15) is 0 Å². The number of nitrogens with two attached hydrogens (primary N) is 1. The fourth-order valence-electron chi connectivity index (χ4n) is 1.87. The van der Waals surface area contributed by atoms with Crippen molar-refractivity contribution in [3.8, 4) is 11.5 Å². The van der Waals surface area contributed by atoms with Crippen LogP contribution in [0.1, 0.15) is 52.7 Å². The first-order valence-corrected chi connectivity index (χ1v) is 5.81. The molecule has 96 valence electrons. The topological polar surface area (TPSA) is 66.5 Å². The summed E-state index contributed by atoms with van der Waals surface area (Å²) < 4.78 is 0. The van der Waals surface area contributed by atoms with Crippen molar-refractivity contribution in [2.24, 2.45) is 0 Å². The Morgan fingerprint density at radius 2 is 1.24 bits per heavy atom. The largest absolute Gasteiger partial charge is 0.504 e. The van der Waals surface area contributed by atoms with Gasteiger partial charge >= 0.3 is 0 Å². The van der Waals surface area contributed by atoms with Crippen molar-refractivity contribution >= 4 is 5.69 Å². The summed E-state index contributed by atoms with van der Waals surface area (Å²) in [5.74, 6) is -0.314. The summed E-state index contributed by atoms with van der Waals surface area (Å²) in [4.78, 5) is 0. The van der Waals surface area contributed by atoms with Crippen LogP contribution in [0.3, 0.4) is 0 Å². The first-order chi connectivity index (χ1) is 7.46. The number of benzene rings is 1. The van der Waals surface area contributed by atoms with Crippen molar-refractivity contribution in [2.75, 3.05) is 5.73 Å². The molecule has 0 saturated carbocycles. The Kier molecular flexibility index (Phi) is 3.08. The fourth-order valence-corrected chi connectivity index (χ4v) is 1.87. The average Bonchev–Trinajstić information content (AvgIpc) is 2.10. The van der Waals surface area contributed by atoms with Gasteiger partial charge in [0.15, 0.2) is 11.5 Å². The Balaban J connectivity index is 3.63. The summed E-state index contributed by atoms with van der Waals surface area (Å²) in [5, 5.41) is 19.9. The molecule has 1 aromatic carbocycles. The van der Waals surface area contributed by atoms with E-state index in [1.807, 2.05) is 47.6 Å². The highest BCUT2D eigenvalue weighted by Crippen LogP contribution is 2.45. The smallest absolute Gasteiger partial charge is 0.181 e. The van der Waals surface area contributed by atoms with E-state index in [9.17, 15) is 10.2 Å². The monoisotopic (exact) mass is 237 g/mol. The Bertz CT molecular complexity index is 399. The summed E-state index contributed by atoms with van der Waals surface area (Å²) in [7, 11) is 0. The molecule has 0 amide bonds. The van der Waals surface area contributed by atoms with Crippen molar-refractivity contribution in [1.29, 1.82) is 0 Å². The van der Waals surface area contributed by atoms with Crippen LogP contribution in [0.4, 0.5) is 5.69 Å². The van der Waals surface area contributed by atoms with Gasteiger partial charge in [0.25, 0.3) is 0 Å². The lowest BCUT2D eigenvalue weighted by Crippen LogP contribution is -2.18. The minimum atomic E-state index is -0.241. The van der Waals surface area contributed by atoms with Gasteiger partial charge < -0.3 is 15.9 Å². The molecule has 4 N–H and O–H groups in total. The lowest BCUT2D eigenvalue weighted by molar-refractivity contribution is 0.388. The summed E-state index contributed by atoms with van der Waals surface area (Å²) in [5.41, 5.74) is 7.30. The van der Waals surface area contributed by atoms with E-state index in [-0.39, 0.29) is 28.0 Å². The Labute approximate surface area is 103 Å². The summed E-state index contributed by atoms with van der Waals surface area (Å²) in [6.45, 7) is 12.1. The van der Waals surface area contributed by atoms with Crippen molar-refractivity contribution in [3.63, 3.8) is 0 Å². The number of rotatable bonds is 0. The van der Waals surface area contributed by atoms with Crippen molar-refractivity contribution < 1.29 is 10.2 Å². The third-order valence-electron chi connectivity index (χ3n) is 2.93. The zero-order valence-electron chi connectivity index (χ0n) is 11.5. The number of aromatic hydroxyl groups is 2. The highest BCUT2D eigenvalue weighted by atomic mass is 16.3. The normalized spacial score (nSPS) is 12.8. The highest BCUT2D eigenvalue weighted by Gasteiger charge is 2.27. The van der Waals surface area contributed by atoms with E-state index < -0.39 is 0 Å². The van der Waals surface area contributed by atoms with E-state index in [0.717, 1.165) is 5.56 Å². The van der Waals surface area contributed by atoms with Crippen LogP contribution in [-0.2, 0) is 10.8 Å². The number of hydrogen-bond acceptors (Lipinski definition) is 3. The Hall–Kier alpha value is -1.38. The van der Waals surface area contributed by atoms with E-state index >= 15 is 0 Å². The first kappa shape index (κ1) is 13.7. The third kappa shape index (κ3) is 2.48. The first-order valence-electron chi connectivity index (χ1n) is 5.81. The van der Waals surface area contributed by atoms with Gasteiger partial charge in [-0.1, -0.05) is 41.5 Å². The molecule has 0 aliphatic heterocycles. The second kappa shape index (κ2) is 3.83. The summed E-state index contributed by atoms with van der Waals surface area (Å²) in [6.07, 6.45) is 0. The molecule has 0 saturated heterocycles. The van der Waals surface area contributed by atoms with Crippen molar-refractivity contribution in [1.82, 2.24) is 0 Å². The predicted molar refractivity (Wildman–Crippen MR) is 71.6 cm³/mol. The van der Waals surface area contributed by atoms with Crippen LogP contribution in [0.5, 0.6) is 11.5 Å². The molecule has 0 bridgehead atoms. The molecule has 0 unspecified atom stereocenters. The molecule has 0 radical (unpaired) electrons. The van der Waals surface area contributed by atoms with Gasteiger partial charge in [-0.25, -0.2) is 0 Å². The number of anilines is 1. The minimum Gasteiger partial charge on any atom is -0.504 e. The quantitative estimate of drug-likeness (QED) is 0.479. The van der Waals surface area contributed by atoms with Crippen LogP contribution >= 0.6 is 0 Å². The van der Waals surface area contributed by atoms with E-state index in [2.05, 4.69) is 0 Å². The van der Waals surface area contributed by atoms with E-state index in [1.54, 1.807) is 0 Å². The number of hydrogen-bond donors (Lipinski definition) is 3. The lowest BCUT2D eigenvalue weighted by Gasteiger charge is -2.28. The van der Waals surface area contributed by atoms with Gasteiger partial charge in [0.2, 0.25) is 0 Å². The Morgan fingerprint density at radius 3 is 1.59 bits per heavy atom. The molecular weight excluding hydrogens is 214 g/mol. The van der Waals surface area contributed by atoms with Gasteiger partial charge in [-0.15, -0.1) is 0 Å². The van der Waals surface area contributed by atoms with Crippen molar-refractivity contribution in [2.45, 2.75) is 52.4 Å². The van der Waals surface area contributed by atoms with Gasteiger partial charge in [0, 0.05) is 5.56 Å². The predicted octanol–water partition coefficient (Wildman–Crippen LogP) is 3.28. The molecule has 0 spiro atoms. The van der Waals surface area contributed by atoms with Crippen molar-refractivity contribution in [3.05, 3.63) is 17.2 Å². The highest BCUT2D eigenvalue weighted by molar-refractivity contribution is 5.69. The maximum absolute atomic E-state index is 9.97. The molecule has 0 atom stereocenters. The summed E-state index contributed by atoms with van der Waals surface area (Å²) >= 11 is 0.